The van der Waals surface area contributed by atoms with Crippen molar-refractivity contribution in [3.8, 4) is 11.1 Å². The number of benzene rings is 1. The van der Waals surface area contributed by atoms with Crippen LogP contribution in [0.15, 0.2) is 24.5 Å². The number of alkyl halides is 2. The van der Waals surface area contributed by atoms with Crippen molar-refractivity contribution in [2.75, 3.05) is 18.5 Å². The molecule has 0 N–H and O–H groups in total. The minimum Gasteiger partial charge on any atom is -0.374 e. The highest BCUT2D eigenvalue weighted by Gasteiger charge is 2.25. The van der Waals surface area contributed by atoms with Crippen molar-refractivity contribution in [1.82, 2.24) is 9.78 Å². The van der Waals surface area contributed by atoms with Gasteiger partial charge < -0.3 is 4.90 Å². The Kier molecular flexibility index (Phi) is 3.43. The molecular weight excluding hydrogens is 272 g/mol. The molecule has 21 heavy (non-hydrogen) atoms. The first-order valence-corrected chi connectivity index (χ1v) is 7.13. The minimum atomic E-state index is -2.49. The molecule has 1 atom stereocenters. The zero-order chi connectivity index (χ0) is 15.1. The predicted octanol–water partition coefficient (Wildman–Crippen LogP) is 3.97. The summed E-state index contributed by atoms with van der Waals surface area (Å²) in [7, 11) is 3.75. The van der Waals surface area contributed by atoms with Crippen LogP contribution in [-0.4, -0.2) is 23.4 Å². The van der Waals surface area contributed by atoms with Crippen molar-refractivity contribution in [3.05, 3.63) is 35.7 Å². The fraction of sp³-hybridized carbons (Fsp3) is 0.438. The van der Waals surface area contributed by atoms with Gasteiger partial charge in [-0.3, -0.25) is 4.68 Å². The number of rotatable bonds is 2. The Labute approximate surface area is 123 Å². The maximum atomic E-state index is 13.5. The van der Waals surface area contributed by atoms with Crippen molar-refractivity contribution in [2.24, 2.45) is 7.05 Å². The second-order valence-corrected chi connectivity index (χ2v) is 5.81. The molecule has 1 aliphatic heterocycles. The summed E-state index contributed by atoms with van der Waals surface area (Å²) in [4.78, 5) is 2.06. The van der Waals surface area contributed by atoms with Gasteiger partial charge in [0.05, 0.1) is 6.20 Å². The van der Waals surface area contributed by atoms with Crippen molar-refractivity contribution < 1.29 is 8.78 Å². The summed E-state index contributed by atoms with van der Waals surface area (Å²) in [5.41, 5.74) is 3.50. The molecule has 0 unspecified atom stereocenters. The van der Waals surface area contributed by atoms with Crippen LogP contribution in [0.4, 0.5) is 14.5 Å². The molecule has 2 aromatic rings. The molecule has 5 heteroatoms. The van der Waals surface area contributed by atoms with E-state index >= 15 is 0 Å². The molecule has 0 bridgehead atoms. The number of halogens is 2. The number of fused-ring (bicyclic) bond motifs is 1. The zero-order valence-corrected chi connectivity index (χ0v) is 12.5. The zero-order valence-electron chi connectivity index (χ0n) is 12.5. The second-order valence-electron chi connectivity index (χ2n) is 5.81. The molecule has 0 saturated heterocycles. The summed E-state index contributed by atoms with van der Waals surface area (Å²) in [6.07, 6.45) is 1.98. The maximum Gasteiger partial charge on any atom is 0.264 e. The van der Waals surface area contributed by atoms with Gasteiger partial charge in [0, 0.05) is 43.7 Å². The molecule has 1 aliphatic rings. The van der Waals surface area contributed by atoms with Crippen LogP contribution in [0.1, 0.15) is 36.8 Å². The van der Waals surface area contributed by atoms with Crippen LogP contribution < -0.4 is 4.90 Å². The second kappa shape index (κ2) is 5.13. The molecule has 112 valence electrons. The van der Waals surface area contributed by atoms with Gasteiger partial charge >= 0.3 is 0 Å². The van der Waals surface area contributed by atoms with E-state index in [-0.39, 0.29) is 5.56 Å². The van der Waals surface area contributed by atoms with Gasteiger partial charge in [-0.25, -0.2) is 8.78 Å². The fourth-order valence-electron chi connectivity index (χ4n) is 3.00. The fourth-order valence-corrected chi connectivity index (χ4v) is 3.00. The van der Waals surface area contributed by atoms with Gasteiger partial charge in [0.15, 0.2) is 0 Å². The molecule has 2 heterocycles. The third kappa shape index (κ3) is 2.41. The molecule has 3 nitrogen and oxygen atoms in total. The van der Waals surface area contributed by atoms with Crippen LogP contribution in [0.2, 0.25) is 0 Å². The summed E-state index contributed by atoms with van der Waals surface area (Å²) in [5, 5.41) is 4.10. The van der Waals surface area contributed by atoms with E-state index in [1.165, 1.54) is 0 Å². The Bertz CT molecular complexity index is 664. The average Bonchev–Trinajstić information content (AvgIpc) is 2.88. The van der Waals surface area contributed by atoms with Gasteiger partial charge in [0.2, 0.25) is 0 Å². The Hall–Kier alpha value is -1.91. The maximum absolute atomic E-state index is 13.5. The van der Waals surface area contributed by atoms with Crippen molar-refractivity contribution >= 4 is 5.69 Å². The summed E-state index contributed by atoms with van der Waals surface area (Å²) in [5.74, 6) is 0.387. The van der Waals surface area contributed by atoms with Crippen molar-refractivity contribution in [3.63, 3.8) is 0 Å². The molecule has 0 radical (unpaired) electrons. The van der Waals surface area contributed by atoms with E-state index in [0.717, 1.165) is 29.8 Å². The van der Waals surface area contributed by atoms with E-state index in [2.05, 4.69) is 16.9 Å². The first-order valence-electron chi connectivity index (χ1n) is 7.13. The number of hydrogen-bond acceptors (Lipinski definition) is 2. The number of anilines is 1. The molecule has 0 amide bonds. The predicted molar refractivity (Wildman–Crippen MR) is 79.9 cm³/mol. The minimum absolute atomic E-state index is 0.0858. The van der Waals surface area contributed by atoms with Gasteiger partial charge in [-0.1, -0.05) is 6.92 Å². The third-order valence-electron chi connectivity index (χ3n) is 4.29. The Morgan fingerprint density at radius 1 is 1.29 bits per heavy atom. The van der Waals surface area contributed by atoms with Crippen LogP contribution in [0, 0.1) is 0 Å². The van der Waals surface area contributed by atoms with E-state index in [0.29, 0.717) is 11.5 Å². The summed E-state index contributed by atoms with van der Waals surface area (Å²) in [6.45, 7) is 3.06. The molecule has 0 spiro atoms. The molecule has 1 aromatic carbocycles. The molecule has 0 saturated carbocycles. The van der Waals surface area contributed by atoms with E-state index in [1.54, 1.807) is 30.2 Å². The summed E-state index contributed by atoms with van der Waals surface area (Å²) >= 11 is 0. The van der Waals surface area contributed by atoms with E-state index in [9.17, 15) is 8.78 Å². The monoisotopic (exact) mass is 291 g/mol. The highest BCUT2D eigenvalue weighted by molar-refractivity contribution is 5.73. The van der Waals surface area contributed by atoms with Crippen molar-refractivity contribution in [2.45, 2.75) is 25.7 Å². The summed E-state index contributed by atoms with van der Waals surface area (Å²) < 4.78 is 28.6. The number of nitrogens with zero attached hydrogens (tertiary/aromatic N) is 3. The largest absolute Gasteiger partial charge is 0.374 e. The lowest BCUT2D eigenvalue weighted by molar-refractivity contribution is 0.152. The van der Waals surface area contributed by atoms with Gasteiger partial charge in [-0.15, -0.1) is 0 Å². The summed E-state index contributed by atoms with van der Waals surface area (Å²) in [6, 6.07) is 3.58. The highest BCUT2D eigenvalue weighted by atomic mass is 19.3. The van der Waals surface area contributed by atoms with Crippen LogP contribution >= 0.6 is 0 Å². The molecule has 0 aliphatic carbocycles. The third-order valence-corrected chi connectivity index (χ3v) is 4.29. The molecule has 3 rings (SSSR count). The van der Waals surface area contributed by atoms with Crippen LogP contribution in [0.25, 0.3) is 11.1 Å². The molecule has 1 aromatic heterocycles. The lowest BCUT2D eigenvalue weighted by Gasteiger charge is -2.32. The van der Waals surface area contributed by atoms with E-state index < -0.39 is 6.43 Å². The van der Waals surface area contributed by atoms with Gasteiger partial charge in [-0.2, -0.15) is 5.10 Å². The topological polar surface area (TPSA) is 21.1 Å². The molecule has 0 fully saturated rings. The van der Waals surface area contributed by atoms with Gasteiger partial charge in [-0.05, 0) is 35.6 Å². The van der Waals surface area contributed by atoms with E-state index in [4.69, 9.17) is 0 Å². The Morgan fingerprint density at radius 3 is 2.67 bits per heavy atom. The smallest absolute Gasteiger partial charge is 0.264 e. The van der Waals surface area contributed by atoms with Crippen molar-refractivity contribution in [1.29, 1.82) is 0 Å². The normalized spacial score (nSPS) is 18.2. The average molecular weight is 291 g/mol. The lowest BCUT2D eigenvalue weighted by Crippen LogP contribution is -2.26. The quantitative estimate of drug-likeness (QED) is 0.835. The number of hydrogen-bond donors (Lipinski definition) is 0. The standard InChI is InChI=1S/C16H19F2N3/c1-10-4-5-20(2)15-7-14(16(17)18)13(6-12(10)15)11-8-19-21(3)9-11/h6-10,16H,4-5H2,1-3H3/t10-/m1/s1. The SMILES string of the molecule is C[C@@H]1CCN(C)c2cc(C(F)F)c(-c3cnn(C)c3)cc21. The number of aryl methyl sites for hydroxylation is 1. The van der Waals surface area contributed by atoms with Crippen LogP contribution in [0.5, 0.6) is 0 Å². The molecular formula is C16H19F2N3. The number of aromatic nitrogens is 2. The Morgan fingerprint density at radius 2 is 2.05 bits per heavy atom. The van der Waals surface area contributed by atoms with Crippen LogP contribution in [-0.2, 0) is 7.05 Å². The first kappa shape index (κ1) is 14.0. The Balaban J connectivity index is 2.21. The van der Waals surface area contributed by atoms with E-state index in [1.807, 2.05) is 13.1 Å². The van der Waals surface area contributed by atoms with Gasteiger partial charge in [0.25, 0.3) is 6.43 Å². The van der Waals surface area contributed by atoms with Crippen LogP contribution in [0.3, 0.4) is 0 Å². The lowest BCUT2D eigenvalue weighted by atomic mass is 9.87. The highest BCUT2D eigenvalue weighted by Crippen LogP contribution is 2.41. The van der Waals surface area contributed by atoms with Gasteiger partial charge in [0.1, 0.15) is 0 Å². The first-order chi connectivity index (χ1) is 9.97.